The Bertz CT molecular complexity index is 761. The Hall–Kier alpha value is -2.66. The van der Waals surface area contributed by atoms with Crippen molar-refractivity contribution in [2.45, 2.75) is 25.6 Å². The fraction of sp³-hybridized carbons (Fsp3) is 0.300. The maximum absolute atomic E-state index is 12.7. The Morgan fingerprint density at radius 1 is 1.20 bits per heavy atom. The van der Waals surface area contributed by atoms with Crippen LogP contribution in [0.3, 0.4) is 0 Å². The Labute approximate surface area is 147 Å². The molecule has 1 N–H and O–H groups in total. The highest BCUT2D eigenvalue weighted by atomic mass is 16.5. The molecule has 0 bridgehead atoms. The summed E-state index contributed by atoms with van der Waals surface area (Å²) in [7, 11) is 1.71. The van der Waals surface area contributed by atoms with E-state index in [2.05, 4.69) is 5.32 Å². The Kier molecular flexibility index (Phi) is 5.14. The minimum absolute atomic E-state index is 0.0810. The van der Waals surface area contributed by atoms with Crippen LogP contribution in [0.4, 0.5) is 0 Å². The third-order valence-corrected chi connectivity index (χ3v) is 4.43. The molecule has 2 unspecified atom stereocenters. The second-order valence-electron chi connectivity index (χ2n) is 6.30. The quantitative estimate of drug-likeness (QED) is 0.930. The van der Waals surface area contributed by atoms with Crippen molar-refractivity contribution in [3.8, 4) is 0 Å². The zero-order valence-corrected chi connectivity index (χ0v) is 14.4. The number of nitrogens with zero attached hydrogens (tertiary/aromatic N) is 1. The molecule has 5 heteroatoms. The van der Waals surface area contributed by atoms with Crippen LogP contribution in [-0.2, 0) is 20.9 Å². The summed E-state index contributed by atoms with van der Waals surface area (Å²) >= 11 is 0. The minimum atomic E-state index is -0.727. The molecule has 25 heavy (non-hydrogen) atoms. The van der Waals surface area contributed by atoms with Gasteiger partial charge in [0, 0.05) is 13.6 Å². The van der Waals surface area contributed by atoms with Gasteiger partial charge in [0.1, 0.15) is 6.61 Å². The molecule has 1 aliphatic heterocycles. The van der Waals surface area contributed by atoms with Crippen LogP contribution in [0.25, 0.3) is 0 Å². The molecule has 130 valence electrons. The predicted molar refractivity (Wildman–Crippen MR) is 94.7 cm³/mol. The zero-order chi connectivity index (χ0) is 17.8. The number of amides is 2. The van der Waals surface area contributed by atoms with Crippen LogP contribution in [0.2, 0.25) is 0 Å². The number of hydrogen-bond donors (Lipinski definition) is 1. The maximum atomic E-state index is 12.7. The molecule has 3 rings (SSSR count). The van der Waals surface area contributed by atoms with E-state index in [1.54, 1.807) is 11.9 Å². The smallest absolute Gasteiger partial charge is 0.251 e. The van der Waals surface area contributed by atoms with Crippen LogP contribution in [-0.4, -0.2) is 36.5 Å². The van der Waals surface area contributed by atoms with Crippen molar-refractivity contribution in [1.82, 2.24) is 10.2 Å². The minimum Gasteiger partial charge on any atom is -0.356 e. The third kappa shape index (κ3) is 3.88. The van der Waals surface area contributed by atoms with E-state index in [1.807, 2.05) is 61.5 Å². The fourth-order valence-corrected chi connectivity index (χ4v) is 3.09. The van der Waals surface area contributed by atoms with E-state index >= 15 is 0 Å². The summed E-state index contributed by atoms with van der Waals surface area (Å²) in [5, 5.41) is 2.93. The van der Waals surface area contributed by atoms with Gasteiger partial charge >= 0.3 is 0 Å². The van der Waals surface area contributed by atoms with Gasteiger partial charge in [0.15, 0.2) is 6.10 Å². The van der Waals surface area contributed by atoms with E-state index in [1.165, 1.54) is 0 Å². The molecule has 0 spiro atoms. The van der Waals surface area contributed by atoms with E-state index in [9.17, 15) is 9.59 Å². The first-order valence-corrected chi connectivity index (χ1v) is 8.32. The van der Waals surface area contributed by atoms with Crippen LogP contribution >= 0.6 is 0 Å². The molecule has 1 heterocycles. The van der Waals surface area contributed by atoms with Gasteiger partial charge in [0.25, 0.3) is 5.91 Å². The van der Waals surface area contributed by atoms with Gasteiger partial charge in [0.2, 0.25) is 5.91 Å². The van der Waals surface area contributed by atoms with E-state index in [0.717, 1.165) is 16.7 Å². The molecule has 0 aliphatic carbocycles. The van der Waals surface area contributed by atoms with Gasteiger partial charge in [-0.15, -0.1) is 0 Å². The average Bonchev–Trinajstić information content (AvgIpc) is 2.62. The van der Waals surface area contributed by atoms with Crippen LogP contribution in [0, 0.1) is 6.92 Å². The first-order chi connectivity index (χ1) is 12.1. The first kappa shape index (κ1) is 17.2. The molecular formula is C20H22N2O3. The van der Waals surface area contributed by atoms with Crippen LogP contribution < -0.4 is 5.32 Å². The molecule has 5 nitrogen and oxygen atoms in total. The molecule has 2 amide bonds. The van der Waals surface area contributed by atoms with Crippen LogP contribution in [0.5, 0.6) is 0 Å². The second kappa shape index (κ2) is 7.49. The summed E-state index contributed by atoms with van der Waals surface area (Å²) in [4.78, 5) is 26.3. The number of morpholine rings is 1. The largest absolute Gasteiger partial charge is 0.356 e. The van der Waals surface area contributed by atoms with Gasteiger partial charge in [-0.05, 0) is 18.1 Å². The van der Waals surface area contributed by atoms with Crippen molar-refractivity contribution in [2.75, 3.05) is 13.7 Å². The molecule has 2 aromatic rings. The Balaban J connectivity index is 1.76. The van der Waals surface area contributed by atoms with Gasteiger partial charge in [-0.3, -0.25) is 9.59 Å². The molecule has 2 atom stereocenters. The third-order valence-electron chi connectivity index (χ3n) is 4.43. The highest BCUT2D eigenvalue weighted by Crippen LogP contribution is 2.29. The summed E-state index contributed by atoms with van der Waals surface area (Å²) in [5.74, 6) is -0.341. The van der Waals surface area contributed by atoms with Crippen molar-refractivity contribution >= 4 is 11.8 Å². The maximum Gasteiger partial charge on any atom is 0.251 e. The number of nitrogens with one attached hydrogen (secondary N) is 1. The van der Waals surface area contributed by atoms with Crippen LogP contribution in [0.1, 0.15) is 22.7 Å². The molecule has 2 aromatic carbocycles. The summed E-state index contributed by atoms with van der Waals surface area (Å²) in [6.45, 7) is 2.36. The molecule has 0 saturated carbocycles. The standard InChI is InChI=1S/C20H22N2O3/c1-14-7-6-8-15(11-14)12-21-20(24)19-18(16-9-4-3-5-10-16)22(2)17(23)13-25-19/h3-11,18-19H,12-13H2,1-2H3,(H,21,24). The normalized spacial score (nSPS) is 20.4. The molecule has 0 aromatic heterocycles. The van der Waals surface area contributed by atoms with Crippen molar-refractivity contribution < 1.29 is 14.3 Å². The highest BCUT2D eigenvalue weighted by molar-refractivity contribution is 5.86. The molecule has 1 fully saturated rings. The fourth-order valence-electron chi connectivity index (χ4n) is 3.09. The topological polar surface area (TPSA) is 58.6 Å². The number of hydrogen-bond acceptors (Lipinski definition) is 3. The Morgan fingerprint density at radius 2 is 1.96 bits per heavy atom. The van der Waals surface area contributed by atoms with Gasteiger partial charge < -0.3 is 15.0 Å². The number of carbonyl (C=O) groups is 2. The number of aryl methyl sites for hydroxylation is 1. The lowest BCUT2D eigenvalue weighted by atomic mass is 9.97. The summed E-state index contributed by atoms with van der Waals surface area (Å²) in [6, 6.07) is 17.1. The molecular weight excluding hydrogens is 316 g/mol. The zero-order valence-electron chi connectivity index (χ0n) is 14.4. The van der Waals surface area contributed by atoms with Crippen molar-refractivity contribution in [2.24, 2.45) is 0 Å². The second-order valence-corrected chi connectivity index (χ2v) is 6.30. The number of ether oxygens (including phenoxy) is 1. The Morgan fingerprint density at radius 3 is 2.68 bits per heavy atom. The summed E-state index contributed by atoms with van der Waals surface area (Å²) < 4.78 is 5.60. The molecule has 1 saturated heterocycles. The SMILES string of the molecule is Cc1cccc(CNC(=O)C2OCC(=O)N(C)C2c2ccccc2)c1. The van der Waals surface area contributed by atoms with Gasteiger partial charge in [-0.25, -0.2) is 0 Å². The van der Waals surface area contributed by atoms with E-state index in [-0.39, 0.29) is 18.4 Å². The first-order valence-electron chi connectivity index (χ1n) is 8.32. The average molecular weight is 338 g/mol. The van der Waals surface area contributed by atoms with Gasteiger partial charge in [-0.2, -0.15) is 0 Å². The predicted octanol–water partition coefficient (Wildman–Crippen LogP) is 2.21. The summed E-state index contributed by atoms with van der Waals surface area (Å²) in [5.41, 5.74) is 3.06. The highest BCUT2D eigenvalue weighted by Gasteiger charge is 2.39. The summed E-state index contributed by atoms with van der Waals surface area (Å²) in [6.07, 6.45) is -0.727. The van der Waals surface area contributed by atoms with E-state index in [0.29, 0.717) is 6.54 Å². The number of benzene rings is 2. The number of rotatable bonds is 4. The number of likely N-dealkylation sites (N-methyl/N-ethyl adjacent to an activating group) is 1. The van der Waals surface area contributed by atoms with Crippen molar-refractivity contribution in [3.05, 3.63) is 71.3 Å². The van der Waals surface area contributed by atoms with Gasteiger partial charge in [-0.1, -0.05) is 60.2 Å². The van der Waals surface area contributed by atoms with Gasteiger partial charge in [0.05, 0.1) is 6.04 Å². The van der Waals surface area contributed by atoms with E-state index < -0.39 is 12.1 Å². The van der Waals surface area contributed by atoms with Crippen molar-refractivity contribution in [1.29, 1.82) is 0 Å². The molecule has 1 aliphatic rings. The van der Waals surface area contributed by atoms with E-state index in [4.69, 9.17) is 4.74 Å². The lowest BCUT2D eigenvalue weighted by Gasteiger charge is -2.38. The van der Waals surface area contributed by atoms with Crippen LogP contribution in [0.15, 0.2) is 54.6 Å². The molecule has 0 radical (unpaired) electrons. The lowest BCUT2D eigenvalue weighted by Crippen LogP contribution is -2.52. The number of carbonyl (C=O) groups excluding carboxylic acids is 2. The lowest BCUT2D eigenvalue weighted by molar-refractivity contribution is -0.162. The monoisotopic (exact) mass is 338 g/mol. The van der Waals surface area contributed by atoms with Crippen molar-refractivity contribution in [3.63, 3.8) is 0 Å².